The van der Waals surface area contributed by atoms with Crippen LogP contribution >= 0.6 is 0 Å². The van der Waals surface area contributed by atoms with Crippen LogP contribution in [0.4, 0.5) is 4.39 Å². The van der Waals surface area contributed by atoms with Crippen molar-refractivity contribution >= 4 is 12.2 Å². The minimum absolute atomic E-state index is 0.0520. The van der Waals surface area contributed by atoms with Gasteiger partial charge in [0.05, 0.1) is 49.4 Å². The lowest BCUT2D eigenvalue weighted by Gasteiger charge is -2.10. The predicted octanol–water partition coefficient (Wildman–Crippen LogP) is 4.50. The minimum atomic E-state index is -0.310. The molecule has 176 valence electrons. The second kappa shape index (κ2) is 10.5. The molecule has 0 spiro atoms. The number of hydrogen-bond acceptors (Lipinski definition) is 5. The number of aryl methyl sites for hydroxylation is 1. The summed E-state index contributed by atoms with van der Waals surface area (Å²) in [6.45, 7) is 2.55. The molecule has 1 N–H and O–H groups in total. The fourth-order valence-corrected chi connectivity index (χ4v) is 3.84. The van der Waals surface area contributed by atoms with Gasteiger partial charge in [-0.15, -0.1) is 0 Å². The number of benzene rings is 2. The van der Waals surface area contributed by atoms with E-state index in [9.17, 15) is 9.50 Å². The number of hydrogen-bond donors (Lipinski definition) is 1. The number of imidazole rings is 2. The molecule has 0 aliphatic heterocycles. The predicted molar refractivity (Wildman–Crippen MR) is 129 cm³/mol. The maximum Gasteiger partial charge on any atom is 0.143 e. The van der Waals surface area contributed by atoms with Crippen LogP contribution in [0.5, 0.6) is 5.75 Å². The van der Waals surface area contributed by atoms with Gasteiger partial charge in [0.2, 0.25) is 0 Å². The molecule has 7 nitrogen and oxygen atoms in total. The van der Waals surface area contributed by atoms with Crippen molar-refractivity contribution in [2.45, 2.75) is 20.1 Å². The van der Waals surface area contributed by atoms with Crippen LogP contribution in [-0.2, 0) is 17.9 Å². The Morgan fingerprint density at radius 3 is 2.53 bits per heavy atom. The van der Waals surface area contributed by atoms with Crippen LogP contribution < -0.4 is 4.74 Å². The fourth-order valence-electron chi connectivity index (χ4n) is 3.84. The molecule has 4 rings (SSSR count). The molecule has 2 heterocycles. The summed E-state index contributed by atoms with van der Waals surface area (Å²) in [6, 6.07) is 12.1. The molecule has 0 bridgehead atoms. The number of aliphatic hydroxyl groups excluding tert-OH is 1. The van der Waals surface area contributed by atoms with E-state index < -0.39 is 0 Å². The second-order valence-corrected chi connectivity index (χ2v) is 7.77. The third kappa shape index (κ3) is 4.93. The highest BCUT2D eigenvalue weighted by molar-refractivity contribution is 5.72. The quantitative estimate of drug-likeness (QED) is 0.396. The summed E-state index contributed by atoms with van der Waals surface area (Å²) in [5.74, 6) is 1.06. The second-order valence-electron chi connectivity index (χ2n) is 7.77. The summed E-state index contributed by atoms with van der Waals surface area (Å²) in [6.07, 6.45) is 7.51. The zero-order valence-electron chi connectivity index (χ0n) is 19.4. The highest BCUT2D eigenvalue weighted by Crippen LogP contribution is 2.28. The number of halogens is 1. The zero-order valence-corrected chi connectivity index (χ0v) is 19.4. The lowest BCUT2D eigenvalue weighted by atomic mass is 10.1. The largest absolute Gasteiger partial charge is 0.495 e. The van der Waals surface area contributed by atoms with Crippen molar-refractivity contribution in [3.63, 3.8) is 0 Å². The van der Waals surface area contributed by atoms with E-state index in [4.69, 9.17) is 14.5 Å². The van der Waals surface area contributed by atoms with Gasteiger partial charge in [-0.25, -0.2) is 14.4 Å². The van der Waals surface area contributed by atoms with E-state index in [-0.39, 0.29) is 12.4 Å². The van der Waals surface area contributed by atoms with E-state index in [0.29, 0.717) is 30.4 Å². The Bertz CT molecular complexity index is 1290. The summed E-state index contributed by atoms with van der Waals surface area (Å²) in [4.78, 5) is 9.07. The third-order valence-electron chi connectivity index (χ3n) is 5.44. The molecule has 4 aromatic rings. The molecule has 34 heavy (non-hydrogen) atoms. The van der Waals surface area contributed by atoms with Crippen LogP contribution in [-0.4, -0.2) is 45.0 Å². The molecule has 8 heteroatoms. The van der Waals surface area contributed by atoms with E-state index in [0.717, 1.165) is 28.2 Å². The van der Waals surface area contributed by atoms with Crippen molar-refractivity contribution in [3.05, 3.63) is 83.6 Å². The third-order valence-corrected chi connectivity index (χ3v) is 5.44. The molecule has 0 aliphatic carbocycles. The number of aromatic nitrogens is 4. The fraction of sp³-hybridized carbons (Fsp3) is 0.231. The molecule has 0 unspecified atom stereocenters. The summed E-state index contributed by atoms with van der Waals surface area (Å²) >= 11 is 0. The first kappa shape index (κ1) is 23.4. The van der Waals surface area contributed by atoms with Gasteiger partial charge in [-0.3, -0.25) is 0 Å². The summed E-state index contributed by atoms with van der Waals surface area (Å²) in [5, 5.41) is 9.66. The van der Waals surface area contributed by atoms with Crippen LogP contribution in [0.25, 0.3) is 29.1 Å². The first-order chi connectivity index (χ1) is 16.5. The Hall–Kier alpha value is -3.75. The molecule has 0 saturated heterocycles. The van der Waals surface area contributed by atoms with E-state index in [1.165, 1.54) is 12.1 Å². The molecule has 0 aliphatic rings. The van der Waals surface area contributed by atoms with Crippen molar-refractivity contribution in [1.29, 1.82) is 0 Å². The van der Waals surface area contributed by atoms with Gasteiger partial charge in [-0.05, 0) is 55.0 Å². The first-order valence-electron chi connectivity index (χ1n) is 10.9. The van der Waals surface area contributed by atoms with Crippen molar-refractivity contribution in [2.24, 2.45) is 0 Å². The van der Waals surface area contributed by atoms with E-state index in [1.807, 2.05) is 52.6 Å². The van der Waals surface area contributed by atoms with E-state index >= 15 is 0 Å². The summed E-state index contributed by atoms with van der Waals surface area (Å²) < 4.78 is 28.3. The van der Waals surface area contributed by atoms with Gasteiger partial charge in [0.25, 0.3) is 0 Å². The van der Waals surface area contributed by atoms with Crippen LogP contribution in [0.1, 0.15) is 22.8 Å². The number of methoxy groups -OCH3 is 2. The van der Waals surface area contributed by atoms with Crippen molar-refractivity contribution in [3.8, 4) is 22.7 Å². The lowest BCUT2D eigenvalue weighted by Crippen LogP contribution is -2.09. The van der Waals surface area contributed by atoms with Crippen molar-refractivity contribution in [1.82, 2.24) is 19.1 Å². The summed E-state index contributed by atoms with van der Waals surface area (Å²) in [7, 11) is 3.24. The normalized spacial score (nSPS) is 11.4. The molecular formula is C26H27FN4O3. The van der Waals surface area contributed by atoms with E-state index in [2.05, 4.69) is 4.98 Å². The Kier molecular flexibility index (Phi) is 7.20. The van der Waals surface area contributed by atoms with Crippen molar-refractivity contribution < 1.29 is 19.0 Å². The van der Waals surface area contributed by atoms with Crippen LogP contribution in [0, 0.1) is 12.7 Å². The van der Waals surface area contributed by atoms with Crippen LogP contribution in [0.2, 0.25) is 0 Å². The molecule has 0 radical (unpaired) electrons. The topological polar surface area (TPSA) is 74.3 Å². The summed E-state index contributed by atoms with van der Waals surface area (Å²) in [5.41, 5.74) is 5.02. The highest BCUT2D eigenvalue weighted by atomic mass is 19.1. The van der Waals surface area contributed by atoms with Crippen molar-refractivity contribution in [2.75, 3.05) is 20.8 Å². The molecule has 0 amide bonds. The molecule has 2 aromatic heterocycles. The SMILES string of the molecule is COCc1c(-c2ccc(F)cc2)nc(C=Cc2ccc(-n3cnc(C)c3)c(OC)c2)n1CCO. The highest BCUT2D eigenvalue weighted by Gasteiger charge is 2.17. The lowest BCUT2D eigenvalue weighted by molar-refractivity contribution is 0.176. The van der Waals surface area contributed by atoms with Gasteiger partial charge < -0.3 is 23.7 Å². The minimum Gasteiger partial charge on any atom is -0.495 e. The van der Waals surface area contributed by atoms with Gasteiger partial charge in [0.15, 0.2) is 0 Å². The monoisotopic (exact) mass is 462 g/mol. The number of rotatable bonds is 9. The Morgan fingerprint density at radius 2 is 1.88 bits per heavy atom. The maximum atomic E-state index is 13.5. The smallest absolute Gasteiger partial charge is 0.143 e. The standard InChI is InChI=1S/C26H27FN4O3/c1-18-15-30(17-28-18)22-10-4-19(14-24(22)34-3)5-11-25-29-26(20-6-8-21(27)9-7-20)23(16-33-2)31(25)12-13-32/h4-11,14-15,17,32H,12-13,16H2,1-3H3. The molecular weight excluding hydrogens is 435 g/mol. The number of nitrogens with zero attached hydrogens (tertiary/aromatic N) is 4. The molecule has 0 atom stereocenters. The zero-order chi connectivity index (χ0) is 24.1. The first-order valence-corrected chi connectivity index (χ1v) is 10.9. The van der Waals surface area contributed by atoms with Crippen LogP contribution in [0.15, 0.2) is 55.0 Å². The van der Waals surface area contributed by atoms with E-state index in [1.54, 1.807) is 32.7 Å². The van der Waals surface area contributed by atoms with Gasteiger partial charge in [0.1, 0.15) is 17.4 Å². The Labute approximate surface area is 197 Å². The van der Waals surface area contributed by atoms with Gasteiger partial charge >= 0.3 is 0 Å². The molecule has 0 saturated carbocycles. The van der Waals surface area contributed by atoms with Gasteiger partial charge in [-0.1, -0.05) is 12.1 Å². The van der Waals surface area contributed by atoms with Gasteiger partial charge in [-0.2, -0.15) is 0 Å². The number of aliphatic hydroxyl groups is 1. The number of ether oxygens (including phenoxy) is 2. The van der Waals surface area contributed by atoms with Gasteiger partial charge in [0, 0.05) is 25.4 Å². The Morgan fingerprint density at radius 1 is 1.09 bits per heavy atom. The molecule has 2 aromatic carbocycles. The Balaban J connectivity index is 1.72. The van der Waals surface area contributed by atoms with Crippen LogP contribution in [0.3, 0.4) is 0 Å². The average Bonchev–Trinajstić information content (AvgIpc) is 3.42. The average molecular weight is 463 g/mol. The maximum absolute atomic E-state index is 13.5. The molecule has 0 fully saturated rings.